The molecule has 0 saturated carbocycles. The summed E-state index contributed by atoms with van der Waals surface area (Å²) in [6.07, 6.45) is 1.54. The quantitative estimate of drug-likeness (QED) is 0.353. The summed E-state index contributed by atoms with van der Waals surface area (Å²) in [5.74, 6) is 1.53. The Bertz CT molecular complexity index is 1390. The lowest BCUT2D eigenvalue weighted by atomic mass is 9.92. The predicted octanol–water partition coefficient (Wildman–Crippen LogP) is 4.67. The summed E-state index contributed by atoms with van der Waals surface area (Å²) in [5.41, 5.74) is 2.47. The van der Waals surface area contributed by atoms with Crippen molar-refractivity contribution in [2.24, 2.45) is 0 Å². The molecule has 0 unspecified atom stereocenters. The predicted molar refractivity (Wildman–Crippen MR) is 128 cm³/mol. The average Bonchev–Trinajstić information content (AvgIpc) is 3.33. The molecule has 0 aliphatic rings. The number of fused-ring (bicyclic) bond motifs is 1. The molecule has 0 spiro atoms. The number of hydrogen-bond donors (Lipinski definition) is 4. The lowest BCUT2D eigenvalue weighted by Crippen LogP contribution is -2.21. The average molecular weight is 447 g/mol. The second kappa shape index (κ2) is 8.30. The summed E-state index contributed by atoms with van der Waals surface area (Å²) in [4.78, 5) is 33.4. The Hall–Kier alpha value is -4.34. The van der Waals surface area contributed by atoms with Gasteiger partial charge in [0, 0.05) is 35.1 Å². The number of benzene rings is 1. The van der Waals surface area contributed by atoms with Crippen LogP contribution in [0.1, 0.15) is 33.4 Å². The van der Waals surface area contributed by atoms with Crippen molar-refractivity contribution in [3.63, 3.8) is 0 Å². The summed E-state index contributed by atoms with van der Waals surface area (Å²) in [6, 6.07) is 9.93. The standard InChI is InChI=1S/C23H25N7O3/c1-13(2)30-18(12-17(29-30)23(3,4)5)26-21(31)25-14-6-8-15(9-7-14)33-16-10-11-24-20-19(16)27-22(32)28-20/h6-12H,1H2,2-5H3,(H2,25,26,31)(H2,24,27,28,32). The fraction of sp³-hybridized carbons (Fsp3) is 0.217. The van der Waals surface area contributed by atoms with E-state index in [1.807, 2.05) is 13.0 Å². The molecule has 10 heteroatoms. The number of nitrogens with zero attached hydrogens (tertiary/aromatic N) is 3. The van der Waals surface area contributed by atoms with Crippen LogP contribution in [-0.4, -0.2) is 30.8 Å². The summed E-state index contributed by atoms with van der Waals surface area (Å²) in [6.45, 7) is 11.9. The zero-order valence-corrected chi connectivity index (χ0v) is 18.8. The van der Waals surface area contributed by atoms with E-state index >= 15 is 0 Å². The number of nitrogens with one attached hydrogen (secondary N) is 4. The highest BCUT2D eigenvalue weighted by atomic mass is 16.5. The molecule has 0 atom stereocenters. The third kappa shape index (κ3) is 4.79. The molecule has 0 bridgehead atoms. The van der Waals surface area contributed by atoms with Crippen molar-refractivity contribution in [1.82, 2.24) is 24.7 Å². The minimum absolute atomic E-state index is 0.169. The van der Waals surface area contributed by atoms with E-state index in [-0.39, 0.29) is 11.1 Å². The Morgan fingerprint density at radius 1 is 1.12 bits per heavy atom. The van der Waals surface area contributed by atoms with E-state index in [0.717, 1.165) is 5.69 Å². The van der Waals surface area contributed by atoms with Gasteiger partial charge in [-0.3, -0.25) is 10.3 Å². The summed E-state index contributed by atoms with van der Waals surface area (Å²) >= 11 is 0. The van der Waals surface area contributed by atoms with Crippen LogP contribution in [0, 0.1) is 0 Å². The fourth-order valence-electron chi connectivity index (χ4n) is 3.14. The van der Waals surface area contributed by atoms with Gasteiger partial charge in [-0.05, 0) is 31.2 Å². The van der Waals surface area contributed by atoms with Crippen LogP contribution in [0.3, 0.4) is 0 Å². The minimum Gasteiger partial charge on any atom is -0.455 e. The van der Waals surface area contributed by atoms with Gasteiger partial charge in [-0.1, -0.05) is 27.4 Å². The van der Waals surface area contributed by atoms with Crippen molar-refractivity contribution in [1.29, 1.82) is 0 Å². The first kappa shape index (κ1) is 21.9. The third-order valence-corrected chi connectivity index (χ3v) is 4.80. The van der Waals surface area contributed by atoms with Gasteiger partial charge < -0.3 is 15.0 Å². The van der Waals surface area contributed by atoms with Crippen molar-refractivity contribution >= 4 is 34.4 Å². The van der Waals surface area contributed by atoms with Crippen LogP contribution in [0.5, 0.6) is 11.5 Å². The molecule has 33 heavy (non-hydrogen) atoms. The lowest BCUT2D eigenvalue weighted by molar-refractivity contribution is 0.262. The zero-order chi connectivity index (χ0) is 23.8. The monoisotopic (exact) mass is 447 g/mol. The summed E-state index contributed by atoms with van der Waals surface area (Å²) in [7, 11) is 0. The highest BCUT2D eigenvalue weighted by molar-refractivity contribution is 5.99. The van der Waals surface area contributed by atoms with Gasteiger partial charge in [0.15, 0.2) is 11.4 Å². The van der Waals surface area contributed by atoms with Crippen LogP contribution in [0.2, 0.25) is 0 Å². The number of allylic oxidation sites excluding steroid dienone is 1. The third-order valence-electron chi connectivity index (χ3n) is 4.80. The molecular weight excluding hydrogens is 422 g/mol. The lowest BCUT2D eigenvalue weighted by Gasteiger charge is -2.13. The van der Waals surface area contributed by atoms with Crippen LogP contribution in [-0.2, 0) is 5.41 Å². The van der Waals surface area contributed by atoms with Crippen molar-refractivity contribution in [2.45, 2.75) is 33.1 Å². The summed E-state index contributed by atoms with van der Waals surface area (Å²) in [5, 5.41) is 10.2. The molecule has 3 heterocycles. The molecule has 170 valence electrons. The number of H-pyrrole nitrogens is 2. The van der Waals surface area contributed by atoms with E-state index in [1.54, 1.807) is 41.2 Å². The molecule has 0 saturated heterocycles. The highest BCUT2D eigenvalue weighted by Gasteiger charge is 2.21. The first-order chi connectivity index (χ1) is 15.6. The van der Waals surface area contributed by atoms with Gasteiger partial charge in [-0.2, -0.15) is 5.10 Å². The molecule has 10 nitrogen and oxygen atoms in total. The van der Waals surface area contributed by atoms with Gasteiger partial charge in [0.25, 0.3) is 0 Å². The number of ether oxygens (including phenoxy) is 1. The van der Waals surface area contributed by atoms with Crippen LogP contribution in [0.15, 0.2) is 54.0 Å². The van der Waals surface area contributed by atoms with Gasteiger partial charge in [0.1, 0.15) is 17.1 Å². The smallest absolute Gasteiger partial charge is 0.325 e. The van der Waals surface area contributed by atoms with Gasteiger partial charge >= 0.3 is 11.7 Å². The molecule has 3 aromatic heterocycles. The Labute approximate surface area is 189 Å². The normalized spacial score (nSPS) is 11.4. The fourth-order valence-corrected chi connectivity index (χ4v) is 3.14. The molecule has 4 N–H and O–H groups in total. The van der Waals surface area contributed by atoms with Crippen molar-refractivity contribution in [3.05, 3.63) is 65.4 Å². The second-order valence-electron chi connectivity index (χ2n) is 8.63. The summed E-state index contributed by atoms with van der Waals surface area (Å²) < 4.78 is 7.47. The maximum absolute atomic E-state index is 12.6. The first-order valence-corrected chi connectivity index (χ1v) is 10.3. The number of anilines is 2. The number of urea groups is 1. The van der Waals surface area contributed by atoms with Crippen LogP contribution in [0.25, 0.3) is 16.9 Å². The van der Waals surface area contributed by atoms with Crippen molar-refractivity contribution < 1.29 is 9.53 Å². The molecular formula is C23H25N7O3. The number of carbonyl (C=O) groups excluding carboxylic acids is 1. The van der Waals surface area contributed by atoms with Gasteiger partial charge in [-0.25, -0.2) is 19.3 Å². The molecule has 4 rings (SSSR count). The number of imidazole rings is 1. The van der Waals surface area contributed by atoms with E-state index in [1.165, 1.54) is 0 Å². The Morgan fingerprint density at radius 3 is 2.52 bits per heavy atom. The van der Waals surface area contributed by atoms with Gasteiger partial charge in [0.05, 0.1) is 5.69 Å². The number of aromatic nitrogens is 5. The maximum Gasteiger partial charge on any atom is 0.325 e. The molecule has 0 aliphatic heterocycles. The minimum atomic E-state index is -0.410. The molecule has 1 aromatic carbocycles. The Kier molecular flexibility index (Phi) is 5.50. The van der Waals surface area contributed by atoms with Gasteiger partial charge in [0.2, 0.25) is 0 Å². The van der Waals surface area contributed by atoms with Crippen LogP contribution in [0.4, 0.5) is 16.3 Å². The van der Waals surface area contributed by atoms with Crippen molar-refractivity contribution in [2.75, 3.05) is 10.6 Å². The van der Waals surface area contributed by atoms with Crippen molar-refractivity contribution in [3.8, 4) is 11.5 Å². The Morgan fingerprint density at radius 2 is 1.85 bits per heavy atom. The topological polar surface area (TPSA) is 130 Å². The number of aromatic amines is 2. The number of pyridine rings is 1. The highest BCUT2D eigenvalue weighted by Crippen LogP contribution is 2.28. The first-order valence-electron chi connectivity index (χ1n) is 10.3. The van der Waals surface area contributed by atoms with E-state index in [9.17, 15) is 9.59 Å². The molecule has 4 aromatic rings. The van der Waals surface area contributed by atoms with E-state index < -0.39 is 6.03 Å². The maximum atomic E-state index is 12.6. The number of amides is 2. The zero-order valence-electron chi connectivity index (χ0n) is 18.8. The molecule has 2 amide bonds. The van der Waals surface area contributed by atoms with E-state index in [2.05, 4.69) is 58.0 Å². The molecule has 0 fully saturated rings. The number of hydrogen-bond acceptors (Lipinski definition) is 5. The molecule has 0 aliphatic carbocycles. The van der Waals surface area contributed by atoms with Gasteiger partial charge in [-0.15, -0.1) is 0 Å². The van der Waals surface area contributed by atoms with Crippen LogP contribution < -0.4 is 21.1 Å². The molecule has 0 radical (unpaired) electrons. The largest absolute Gasteiger partial charge is 0.455 e. The Balaban J connectivity index is 1.45. The second-order valence-corrected chi connectivity index (χ2v) is 8.63. The van der Waals surface area contributed by atoms with E-state index in [4.69, 9.17) is 4.74 Å². The van der Waals surface area contributed by atoms with E-state index in [0.29, 0.717) is 39.9 Å². The number of rotatable bonds is 5. The number of carbonyl (C=O) groups is 1. The SMILES string of the molecule is C=C(C)n1nc(C(C)(C)C)cc1NC(=O)Nc1ccc(Oc2ccnc3[nH]c(=O)[nH]c23)cc1. The van der Waals surface area contributed by atoms with Crippen LogP contribution >= 0.6 is 0 Å².